The van der Waals surface area contributed by atoms with Gasteiger partial charge in [0.2, 0.25) is 0 Å². The number of hydrogen-bond donors (Lipinski definition) is 2. The van der Waals surface area contributed by atoms with Crippen molar-refractivity contribution in [2.24, 2.45) is 10.9 Å². The maximum Gasteiger partial charge on any atom is 0.305 e. The van der Waals surface area contributed by atoms with Crippen LogP contribution in [-0.2, 0) is 9.53 Å². The first-order valence-corrected chi connectivity index (χ1v) is 7.69. The minimum absolute atomic E-state index is 0. The number of aliphatic imine (C=N–C) groups is 1. The fourth-order valence-corrected chi connectivity index (χ4v) is 1.92. The Balaban J connectivity index is 0. The van der Waals surface area contributed by atoms with Crippen LogP contribution < -0.4 is 10.6 Å². The van der Waals surface area contributed by atoms with E-state index in [-0.39, 0.29) is 29.9 Å². The number of nitrogens with zero attached hydrogens (tertiary/aromatic N) is 1. The third-order valence-corrected chi connectivity index (χ3v) is 3.51. The summed E-state index contributed by atoms with van der Waals surface area (Å²) in [4.78, 5) is 15.1. The van der Waals surface area contributed by atoms with E-state index < -0.39 is 0 Å². The molecule has 0 bridgehead atoms. The normalized spacial score (nSPS) is 11.0. The number of guanidine groups is 1. The fourth-order valence-electron chi connectivity index (χ4n) is 1.92. The number of hydrogen-bond acceptors (Lipinski definition) is 3. The average Bonchev–Trinajstić information content (AvgIpc) is 2.48. The smallest absolute Gasteiger partial charge is 0.305 e. The molecule has 0 fully saturated rings. The third-order valence-electron chi connectivity index (χ3n) is 3.51. The molecule has 126 valence electrons. The van der Waals surface area contributed by atoms with Crippen molar-refractivity contribution >= 4 is 35.9 Å². The van der Waals surface area contributed by atoms with Gasteiger partial charge < -0.3 is 15.4 Å². The Kier molecular flexibility index (Phi) is 17.2. The minimum Gasteiger partial charge on any atom is -0.469 e. The molecule has 0 unspecified atom stereocenters. The Morgan fingerprint density at radius 2 is 1.81 bits per heavy atom. The molecule has 0 aliphatic rings. The number of carbonyl (C=O) groups is 1. The number of methoxy groups -OCH3 is 1. The molecule has 0 saturated heterocycles. The average molecular weight is 413 g/mol. The Hall–Kier alpha value is -0.530. The highest BCUT2D eigenvalue weighted by atomic mass is 127. The van der Waals surface area contributed by atoms with Gasteiger partial charge in [-0.15, -0.1) is 24.0 Å². The molecular formula is C15H32IN3O2. The molecule has 0 saturated carbocycles. The first-order chi connectivity index (χ1) is 9.67. The summed E-state index contributed by atoms with van der Waals surface area (Å²) in [7, 11) is 3.22. The summed E-state index contributed by atoms with van der Waals surface area (Å²) < 4.78 is 4.60. The van der Waals surface area contributed by atoms with Crippen molar-refractivity contribution in [3.63, 3.8) is 0 Å². The zero-order chi connectivity index (χ0) is 15.2. The highest BCUT2D eigenvalue weighted by molar-refractivity contribution is 14.0. The first-order valence-electron chi connectivity index (χ1n) is 7.69. The van der Waals surface area contributed by atoms with Gasteiger partial charge in [-0.2, -0.15) is 0 Å². The van der Waals surface area contributed by atoms with Crippen LogP contribution in [0.1, 0.15) is 52.4 Å². The molecule has 0 spiro atoms. The van der Waals surface area contributed by atoms with E-state index in [0.717, 1.165) is 38.3 Å². The van der Waals surface area contributed by atoms with Gasteiger partial charge in [-0.05, 0) is 18.8 Å². The predicted octanol–water partition coefficient (Wildman–Crippen LogP) is 2.94. The molecule has 0 radical (unpaired) electrons. The van der Waals surface area contributed by atoms with E-state index in [2.05, 4.69) is 34.2 Å². The SMILES string of the molecule is CCC(CC)CNC(=NC)NCCCCCC(=O)OC.I. The Morgan fingerprint density at radius 3 is 2.33 bits per heavy atom. The van der Waals surface area contributed by atoms with Crippen LogP contribution in [0, 0.1) is 5.92 Å². The third kappa shape index (κ3) is 12.9. The molecule has 0 aromatic carbocycles. The van der Waals surface area contributed by atoms with Crippen LogP contribution in [0.5, 0.6) is 0 Å². The Bertz CT molecular complexity index is 282. The van der Waals surface area contributed by atoms with E-state index in [1.807, 2.05) is 0 Å². The lowest BCUT2D eigenvalue weighted by Gasteiger charge is -2.16. The van der Waals surface area contributed by atoms with Crippen LogP contribution in [0.4, 0.5) is 0 Å². The summed E-state index contributed by atoms with van der Waals surface area (Å²) in [6.45, 7) is 6.28. The Labute approximate surface area is 146 Å². The van der Waals surface area contributed by atoms with Gasteiger partial charge in [0.25, 0.3) is 0 Å². The van der Waals surface area contributed by atoms with Gasteiger partial charge in [-0.25, -0.2) is 0 Å². The molecule has 21 heavy (non-hydrogen) atoms. The monoisotopic (exact) mass is 413 g/mol. The maximum atomic E-state index is 10.9. The van der Waals surface area contributed by atoms with Gasteiger partial charge in [0, 0.05) is 26.6 Å². The molecular weight excluding hydrogens is 381 g/mol. The molecule has 0 amide bonds. The minimum atomic E-state index is -0.124. The number of ether oxygens (including phenoxy) is 1. The number of unbranched alkanes of at least 4 members (excludes halogenated alkanes) is 2. The van der Waals surface area contributed by atoms with Gasteiger partial charge >= 0.3 is 5.97 Å². The molecule has 0 heterocycles. The van der Waals surface area contributed by atoms with E-state index >= 15 is 0 Å². The number of rotatable bonds is 10. The second-order valence-corrected chi connectivity index (χ2v) is 4.95. The summed E-state index contributed by atoms with van der Waals surface area (Å²) in [6, 6.07) is 0. The topological polar surface area (TPSA) is 62.7 Å². The molecule has 5 nitrogen and oxygen atoms in total. The van der Waals surface area contributed by atoms with E-state index in [9.17, 15) is 4.79 Å². The van der Waals surface area contributed by atoms with Crippen molar-refractivity contribution in [1.29, 1.82) is 0 Å². The zero-order valence-corrected chi connectivity index (χ0v) is 16.2. The van der Waals surface area contributed by atoms with Crippen molar-refractivity contribution in [1.82, 2.24) is 10.6 Å². The van der Waals surface area contributed by atoms with E-state index in [0.29, 0.717) is 12.3 Å². The number of esters is 1. The second kappa shape index (κ2) is 15.9. The van der Waals surface area contributed by atoms with Crippen molar-refractivity contribution in [2.45, 2.75) is 52.4 Å². The lowest BCUT2D eigenvalue weighted by molar-refractivity contribution is -0.140. The van der Waals surface area contributed by atoms with Gasteiger partial charge in [0.15, 0.2) is 5.96 Å². The van der Waals surface area contributed by atoms with Crippen molar-refractivity contribution in [3.8, 4) is 0 Å². The lowest BCUT2D eigenvalue weighted by atomic mass is 10.0. The summed E-state index contributed by atoms with van der Waals surface area (Å²) in [5.41, 5.74) is 0. The van der Waals surface area contributed by atoms with Crippen LogP contribution in [0.15, 0.2) is 4.99 Å². The molecule has 0 atom stereocenters. The molecule has 0 rings (SSSR count). The highest BCUT2D eigenvalue weighted by Crippen LogP contribution is 2.04. The largest absolute Gasteiger partial charge is 0.469 e. The molecule has 0 aromatic heterocycles. The summed E-state index contributed by atoms with van der Waals surface area (Å²) in [5, 5.41) is 6.65. The van der Waals surface area contributed by atoms with Gasteiger partial charge in [0.1, 0.15) is 0 Å². The van der Waals surface area contributed by atoms with Crippen LogP contribution in [0.2, 0.25) is 0 Å². The van der Waals surface area contributed by atoms with E-state index in [1.54, 1.807) is 7.05 Å². The number of halogens is 1. The molecule has 2 N–H and O–H groups in total. The van der Waals surface area contributed by atoms with Crippen LogP contribution in [0.3, 0.4) is 0 Å². The Morgan fingerprint density at radius 1 is 1.14 bits per heavy atom. The van der Waals surface area contributed by atoms with Crippen molar-refractivity contribution in [3.05, 3.63) is 0 Å². The quantitative estimate of drug-likeness (QED) is 0.190. The lowest BCUT2D eigenvalue weighted by Crippen LogP contribution is -2.40. The molecule has 0 aliphatic carbocycles. The van der Waals surface area contributed by atoms with Gasteiger partial charge in [-0.3, -0.25) is 9.79 Å². The van der Waals surface area contributed by atoms with Crippen LogP contribution >= 0.6 is 24.0 Å². The van der Waals surface area contributed by atoms with E-state index in [4.69, 9.17) is 0 Å². The summed E-state index contributed by atoms with van der Waals surface area (Å²) in [6.07, 6.45) is 5.82. The zero-order valence-electron chi connectivity index (χ0n) is 13.9. The van der Waals surface area contributed by atoms with Crippen molar-refractivity contribution < 1.29 is 9.53 Å². The fraction of sp³-hybridized carbons (Fsp3) is 0.867. The first kappa shape index (κ1) is 22.7. The van der Waals surface area contributed by atoms with Gasteiger partial charge in [0.05, 0.1) is 7.11 Å². The maximum absolute atomic E-state index is 10.9. The highest BCUT2D eigenvalue weighted by Gasteiger charge is 2.04. The van der Waals surface area contributed by atoms with Crippen molar-refractivity contribution in [2.75, 3.05) is 27.2 Å². The van der Waals surface area contributed by atoms with Crippen LogP contribution in [0.25, 0.3) is 0 Å². The predicted molar refractivity (Wildman–Crippen MR) is 99.3 cm³/mol. The van der Waals surface area contributed by atoms with E-state index in [1.165, 1.54) is 20.0 Å². The van der Waals surface area contributed by atoms with Gasteiger partial charge in [-0.1, -0.05) is 33.1 Å². The molecule has 6 heteroatoms. The second-order valence-electron chi connectivity index (χ2n) is 4.95. The molecule has 0 aliphatic heterocycles. The van der Waals surface area contributed by atoms with Crippen LogP contribution in [-0.4, -0.2) is 39.2 Å². The summed E-state index contributed by atoms with van der Waals surface area (Å²) >= 11 is 0. The molecule has 0 aromatic rings. The summed E-state index contributed by atoms with van der Waals surface area (Å²) in [5.74, 6) is 1.44. The number of nitrogens with one attached hydrogen (secondary N) is 2. The standard InChI is InChI=1S/C15H31N3O2.HI/c1-5-13(6-2)12-18-15(16-3)17-11-9-7-8-10-14(19)20-4;/h13H,5-12H2,1-4H3,(H2,16,17,18);1H. The number of carbonyl (C=O) groups excluding carboxylic acids is 1.